The van der Waals surface area contributed by atoms with Gasteiger partial charge >= 0.3 is 99.8 Å². The van der Waals surface area contributed by atoms with Gasteiger partial charge in [0.1, 0.15) is 4.83 Å². The number of pyridine rings is 2. The molecule has 10 aromatic rings. The largest absolute Gasteiger partial charge is 0 e. The average molecular weight is 1110 g/mol. The Kier molecular flexibility index (Phi) is 12.8. The molecule has 0 spiro atoms. The van der Waals surface area contributed by atoms with Gasteiger partial charge in [0.25, 0.3) is 0 Å². The third kappa shape index (κ3) is 9.74. The van der Waals surface area contributed by atoms with Crippen molar-refractivity contribution in [1.29, 1.82) is 0 Å². The van der Waals surface area contributed by atoms with E-state index in [1.54, 1.807) is 11.3 Å². The van der Waals surface area contributed by atoms with Gasteiger partial charge < -0.3 is 4.57 Å². The first-order valence-corrected chi connectivity index (χ1v) is 30.2. The van der Waals surface area contributed by atoms with Gasteiger partial charge in [-0.25, -0.2) is 4.98 Å². The molecule has 10 rings (SSSR count). The molecule has 327 valence electrons. The third-order valence-electron chi connectivity index (χ3n) is 11.6. The predicted octanol–water partition coefficient (Wildman–Crippen LogP) is 15.0. The molecular weight excluding hydrogens is 1050 g/mol. The van der Waals surface area contributed by atoms with Crippen molar-refractivity contribution in [3.05, 3.63) is 198 Å². The van der Waals surface area contributed by atoms with Crippen LogP contribution in [0, 0.1) is 12.1 Å². The van der Waals surface area contributed by atoms with Crippen molar-refractivity contribution < 1.29 is 22.8 Å². The van der Waals surface area contributed by atoms with Crippen molar-refractivity contribution in [3.63, 3.8) is 0 Å². The molecule has 4 aromatic heterocycles. The number of benzene rings is 6. The van der Waals surface area contributed by atoms with Crippen LogP contribution in [0.5, 0.6) is 0 Å². The smallest absolute Gasteiger partial charge is 0 e. The molecule has 4 nitrogen and oxygen atoms in total. The van der Waals surface area contributed by atoms with E-state index in [1.165, 1.54) is 32.3 Å². The van der Waals surface area contributed by atoms with Crippen molar-refractivity contribution in [3.8, 4) is 39.5 Å². The molecule has 0 aliphatic carbocycles. The summed E-state index contributed by atoms with van der Waals surface area (Å²) in [5.41, 5.74) is 11.9. The topological polar surface area (TPSA) is 43.6 Å². The van der Waals surface area contributed by atoms with Crippen molar-refractivity contribution >= 4 is 60.3 Å². The maximum absolute atomic E-state index is 8.96. The Balaban J connectivity index is 0.000000303. The summed E-state index contributed by atoms with van der Waals surface area (Å²) in [6.07, 6.45) is 0.313. The fourth-order valence-electron chi connectivity index (χ4n) is 8.21. The van der Waals surface area contributed by atoms with Crippen LogP contribution in [0.1, 0.15) is 65.7 Å². The van der Waals surface area contributed by atoms with Gasteiger partial charge in [-0.15, -0.1) is 18.2 Å². The van der Waals surface area contributed by atoms with E-state index in [4.69, 9.17) is 12.7 Å². The van der Waals surface area contributed by atoms with Gasteiger partial charge in [-0.1, -0.05) is 124 Å². The molecule has 0 saturated heterocycles. The van der Waals surface area contributed by atoms with E-state index in [0.29, 0.717) is 11.3 Å². The molecule has 0 atom stereocenters. The van der Waals surface area contributed by atoms with Gasteiger partial charge in [0.15, 0.2) is 0 Å². The minimum atomic E-state index is -1.73. The Bertz CT molecular complexity index is 3320. The van der Waals surface area contributed by atoms with Crippen molar-refractivity contribution in [2.45, 2.75) is 69.6 Å². The van der Waals surface area contributed by atoms with Crippen LogP contribution in [0.2, 0.25) is 17.3 Å². The fraction of sp³-hybridized carbons (Fsp3) is 0.190. The second kappa shape index (κ2) is 19.2. The zero-order valence-electron chi connectivity index (χ0n) is 40.2. The molecule has 0 bridgehead atoms. The number of para-hydroxylation sites is 2. The van der Waals surface area contributed by atoms with Crippen LogP contribution in [0.3, 0.4) is 0 Å². The second-order valence-corrected chi connectivity index (χ2v) is 30.3. The minimum Gasteiger partial charge on any atom is 0 e. The maximum atomic E-state index is 8.96. The third-order valence-corrected chi connectivity index (χ3v) is 17.0. The number of hydrogen-bond donors (Lipinski definition) is 0. The SMILES string of the molecule is [2H]C([2H])(c1ccccc1)c1ccc2c(n1)sc1c(-c3nc4ccccc4n3-c3c(C(C)C)cc(-c4ccccc4)cc3C(C)(C)C)[c-]ccc12.[CH3][Ge]([CH3])([CH3])[c]1ccc(-c2[c-]cccc2)nc1.[Ir]. The Morgan fingerprint density at radius 1 is 0.723 bits per heavy atom. The second-order valence-electron chi connectivity index (χ2n) is 18.7. The predicted molar refractivity (Wildman–Crippen MR) is 275 cm³/mol. The summed E-state index contributed by atoms with van der Waals surface area (Å²) in [6, 6.07) is 60.0. The average Bonchev–Trinajstić information content (AvgIpc) is 3.90. The maximum Gasteiger partial charge on any atom is 0 e. The zero-order valence-corrected chi connectivity index (χ0v) is 43.5. The van der Waals surface area contributed by atoms with E-state index in [0.717, 1.165) is 54.0 Å². The first kappa shape index (κ1) is 43.4. The number of fused-ring (bicyclic) bond motifs is 4. The molecule has 0 fully saturated rings. The van der Waals surface area contributed by atoms with Gasteiger partial charge in [-0.3, -0.25) is 4.98 Å². The molecule has 4 heterocycles. The summed E-state index contributed by atoms with van der Waals surface area (Å²) < 4.78 is 22.8. The number of thiophene rings is 1. The molecule has 0 aliphatic heterocycles. The van der Waals surface area contributed by atoms with E-state index in [2.05, 4.69) is 152 Å². The summed E-state index contributed by atoms with van der Waals surface area (Å²) in [5, 5.41) is 2.07. The Morgan fingerprint density at radius 2 is 1.45 bits per heavy atom. The molecule has 1 radical (unpaired) electrons. The molecule has 7 heteroatoms. The number of nitrogens with zero attached hydrogens (tertiary/aromatic N) is 4. The fourth-order valence-corrected chi connectivity index (χ4v) is 11.5. The number of imidazole rings is 1. The summed E-state index contributed by atoms with van der Waals surface area (Å²) in [6.45, 7) is 11.4. The van der Waals surface area contributed by atoms with Gasteiger partial charge in [-0.05, 0) is 79.6 Å². The normalized spacial score (nSPS) is 12.4. The molecule has 0 saturated carbocycles. The first-order valence-electron chi connectivity index (χ1n) is 23.1. The van der Waals surface area contributed by atoms with Gasteiger partial charge in [0, 0.05) is 40.6 Å². The standard InChI is InChI=1S/C44H38N3S.C14H16GeN.Ir/c1-28(2)36-26-31(30-17-10-7-11-18-30)27-37(44(3,4)5)40(36)47-39-22-13-12-21-38(39)46-42(47)35-20-14-19-33-34-24-23-32(45-43(34)48-41(33)35)25-29-15-8-6-9-16-29;1-15(2,3)13-9-10-14(16-11-13)12-7-5-4-6-8-12;/h6-19,21-24,26-28H,25H2,1-5H3;4-7,9-11H,1-3H3;/q2*-1;/i25D2;;. The Labute approximate surface area is 407 Å². The van der Waals surface area contributed by atoms with Crippen LogP contribution >= 0.6 is 11.3 Å². The van der Waals surface area contributed by atoms with Crippen LogP contribution in [0.4, 0.5) is 0 Å². The van der Waals surface area contributed by atoms with Gasteiger partial charge in [0.05, 0.1) is 16.9 Å². The van der Waals surface area contributed by atoms with Crippen molar-refractivity contribution in [2.75, 3.05) is 0 Å². The summed E-state index contributed by atoms with van der Waals surface area (Å²) in [5.74, 6) is 8.22. The van der Waals surface area contributed by atoms with Crippen molar-refractivity contribution in [1.82, 2.24) is 19.5 Å². The van der Waals surface area contributed by atoms with Gasteiger partial charge in [0.2, 0.25) is 0 Å². The van der Waals surface area contributed by atoms with E-state index in [9.17, 15) is 0 Å². The van der Waals surface area contributed by atoms with Gasteiger partial charge in [-0.2, -0.15) is 11.3 Å². The molecular formula is C58H54GeIrN4S-2. The van der Waals surface area contributed by atoms with E-state index < -0.39 is 19.6 Å². The molecule has 0 N–H and O–H groups in total. The first-order chi connectivity index (χ1) is 31.6. The number of hydrogen-bond acceptors (Lipinski definition) is 4. The van der Waals surface area contributed by atoms with Crippen LogP contribution < -0.4 is 4.40 Å². The Hall–Kier alpha value is -5.50. The summed E-state index contributed by atoms with van der Waals surface area (Å²) >= 11 is -0.136. The van der Waals surface area contributed by atoms with E-state index in [1.807, 2.05) is 85.1 Å². The summed E-state index contributed by atoms with van der Waals surface area (Å²) in [7, 11) is 0. The number of aromatic nitrogens is 4. The van der Waals surface area contributed by atoms with Crippen LogP contribution in [-0.2, 0) is 31.9 Å². The van der Waals surface area contributed by atoms with Crippen LogP contribution in [0.15, 0.2) is 164 Å². The molecule has 0 aliphatic rings. The van der Waals surface area contributed by atoms with Crippen molar-refractivity contribution in [2.24, 2.45) is 0 Å². The number of rotatable bonds is 8. The monoisotopic (exact) mass is 1110 g/mol. The quantitative estimate of drug-likeness (QED) is 0.112. The van der Waals surface area contributed by atoms with E-state index >= 15 is 0 Å². The molecule has 0 amide bonds. The Morgan fingerprint density at radius 3 is 2.12 bits per heavy atom. The van der Waals surface area contributed by atoms with Crippen LogP contribution in [-0.4, -0.2) is 32.8 Å². The van der Waals surface area contributed by atoms with E-state index in [-0.39, 0.29) is 31.4 Å². The van der Waals surface area contributed by atoms with Crippen LogP contribution in [0.25, 0.3) is 70.8 Å². The molecule has 0 unspecified atom stereocenters. The molecule has 6 aromatic carbocycles. The summed E-state index contributed by atoms with van der Waals surface area (Å²) in [4.78, 5) is 15.6. The molecule has 65 heavy (non-hydrogen) atoms. The minimum absolute atomic E-state index is 0. The zero-order chi connectivity index (χ0) is 46.4.